The van der Waals surface area contributed by atoms with E-state index in [2.05, 4.69) is 15.9 Å². The molecular formula is C14H15BrNO3-. The summed E-state index contributed by atoms with van der Waals surface area (Å²) in [6, 6.07) is 4.93. The van der Waals surface area contributed by atoms with E-state index in [1.165, 1.54) is 0 Å². The van der Waals surface area contributed by atoms with Crippen LogP contribution in [-0.4, -0.2) is 23.3 Å². The van der Waals surface area contributed by atoms with E-state index in [-0.39, 0.29) is 18.2 Å². The Bertz CT molecular complexity index is 527. The summed E-state index contributed by atoms with van der Waals surface area (Å²) in [4.78, 5) is 24.9. The normalized spacial score (nSPS) is 18.0. The Morgan fingerprint density at radius 2 is 2.16 bits per heavy atom. The Morgan fingerprint density at radius 1 is 1.47 bits per heavy atom. The molecule has 0 saturated heterocycles. The Hall–Kier alpha value is -1.36. The molecule has 0 N–H and O–H groups in total. The highest BCUT2D eigenvalue weighted by Gasteiger charge is 2.36. The number of nitrogens with zero attached hydrogens (tertiary/aromatic N) is 1. The lowest BCUT2D eigenvalue weighted by atomic mass is 10.0. The third-order valence-electron chi connectivity index (χ3n) is 3.16. The van der Waals surface area contributed by atoms with Crippen molar-refractivity contribution in [2.45, 2.75) is 26.3 Å². The van der Waals surface area contributed by atoms with Gasteiger partial charge in [0.2, 0.25) is 0 Å². The van der Waals surface area contributed by atoms with E-state index in [1.54, 1.807) is 17.0 Å². The molecule has 0 aromatic heterocycles. The Balaban J connectivity index is 2.42. The molecule has 0 spiro atoms. The molecule has 1 aromatic carbocycles. The molecule has 0 saturated carbocycles. The maximum atomic E-state index is 12.3. The maximum absolute atomic E-state index is 12.3. The molecule has 1 atom stereocenters. The second-order valence-corrected chi connectivity index (χ2v) is 6.09. The Labute approximate surface area is 120 Å². The molecule has 1 aromatic rings. The van der Waals surface area contributed by atoms with Gasteiger partial charge in [-0.3, -0.25) is 4.79 Å². The third kappa shape index (κ3) is 2.81. The SMILES string of the molecule is CC(C)CN1C(=O)c2ccc(Br)cc2C1CC(=O)[O-]. The van der Waals surface area contributed by atoms with Gasteiger partial charge in [0.15, 0.2) is 0 Å². The van der Waals surface area contributed by atoms with E-state index in [0.717, 1.165) is 10.0 Å². The van der Waals surface area contributed by atoms with E-state index in [9.17, 15) is 14.7 Å². The first kappa shape index (κ1) is 14.1. The fourth-order valence-corrected chi connectivity index (χ4v) is 2.83. The van der Waals surface area contributed by atoms with E-state index in [0.29, 0.717) is 12.1 Å². The van der Waals surface area contributed by atoms with Gasteiger partial charge in [-0.1, -0.05) is 29.8 Å². The zero-order valence-corrected chi connectivity index (χ0v) is 12.4. The van der Waals surface area contributed by atoms with Gasteiger partial charge in [-0.05, 0) is 29.7 Å². The summed E-state index contributed by atoms with van der Waals surface area (Å²) in [6.45, 7) is 4.55. The molecule has 2 rings (SSSR count). The fourth-order valence-electron chi connectivity index (χ4n) is 2.45. The van der Waals surface area contributed by atoms with Gasteiger partial charge in [0.25, 0.3) is 5.91 Å². The molecule has 4 nitrogen and oxygen atoms in total. The number of aliphatic carboxylic acids is 1. The van der Waals surface area contributed by atoms with Crippen molar-refractivity contribution in [1.29, 1.82) is 0 Å². The smallest absolute Gasteiger partial charge is 0.254 e. The van der Waals surface area contributed by atoms with Crippen LogP contribution in [0.5, 0.6) is 0 Å². The summed E-state index contributed by atoms with van der Waals surface area (Å²) in [5.41, 5.74) is 1.36. The molecule has 1 amide bonds. The lowest BCUT2D eigenvalue weighted by Gasteiger charge is -2.27. The van der Waals surface area contributed by atoms with Gasteiger partial charge in [0, 0.05) is 29.0 Å². The second-order valence-electron chi connectivity index (χ2n) is 5.17. The quantitative estimate of drug-likeness (QED) is 0.847. The van der Waals surface area contributed by atoms with Gasteiger partial charge < -0.3 is 14.8 Å². The van der Waals surface area contributed by atoms with Crippen molar-refractivity contribution in [3.63, 3.8) is 0 Å². The minimum atomic E-state index is -1.14. The predicted molar refractivity (Wildman–Crippen MR) is 72.4 cm³/mol. The van der Waals surface area contributed by atoms with Crippen molar-refractivity contribution < 1.29 is 14.7 Å². The van der Waals surface area contributed by atoms with E-state index in [1.807, 2.05) is 19.9 Å². The Kier molecular flexibility index (Phi) is 3.94. The number of rotatable bonds is 4. The number of benzene rings is 1. The lowest BCUT2D eigenvalue weighted by molar-refractivity contribution is -0.306. The standard InChI is InChI=1S/C14H16BrNO3/c1-8(2)7-16-12(6-13(17)18)11-5-9(15)3-4-10(11)14(16)19/h3-5,8,12H,6-7H2,1-2H3,(H,17,18)/p-1. The number of hydrogen-bond acceptors (Lipinski definition) is 3. The monoisotopic (exact) mass is 324 g/mol. The first-order valence-electron chi connectivity index (χ1n) is 6.20. The van der Waals surface area contributed by atoms with Crippen molar-refractivity contribution >= 4 is 27.8 Å². The first-order valence-corrected chi connectivity index (χ1v) is 6.99. The number of halogens is 1. The highest BCUT2D eigenvalue weighted by atomic mass is 79.9. The number of carbonyl (C=O) groups is 2. The van der Waals surface area contributed by atoms with Crippen LogP contribution in [-0.2, 0) is 4.79 Å². The van der Waals surface area contributed by atoms with E-state index < -0.39 is 12.0 Å². The van der Waals surface area contributed by atoms with E-state index in [4.69, 9.17) is 0 Å². The molecule has 0 radical (unpaired) electrons. The zero-order chi connectivity index (χ0) is 14.2. The van der Waals surface area contributed by atoms with Gasteiger partial charge >= 0.3 is 0 Å². The van der Waals surface area contributed by atoms with Crippen LogP contribution in [0.3, 0.4) is 0 Å². The molecular weight excluding hydrogens is 310 g/mol. The summed E-state index contributed by atoms with van der Waals surface area (Å²) >= 11 is 3.36. The Morgan fingerprint density at radius 3 is 2.74 bits per heavy atom. The van der Waals surface area contributed by atoms with Gasteiger partial charge in [0.1, 0.15) is 0 Å². The van der Waals surface area contributed by atoms with Crippen molar-refractivity contribution in [2.75, 3.05) is 6.54 Å². The fraction of sp³-hybridized carbons (Fsp3) is 0.429. The van der Waals surface area contributed by atoms with Gasteiger partial charge in [-0.2, -0.15) is 0 Å². The number of fused-ring (bicyclic) bond motifs is 1. The number of carboxylic acids is 1. The highest BCUT2D eigenvalue weighted by Crippen LogP contribution is 2.37. The van der Waals surface area contributed by atoms with Gasteiger partial charge in [-0.15, -0.1) is 0 Å². The van der Waals surface area contributed by atoms with Crippen LogP contribution in [0.4, 0.5) is 0 Å². The van der Waals surface area contributed by atoms with Crippen molar-refractivity contribution in [1.82, 2.24) is 4.90 Å². The van der Waals surface area contributed by atoms with Crippen molar-refractivity contribution in [3.05, 3.63) is 33.8 Å². The summed E-state index contributed by atoms with van der Waals surface area (Å²) in [5, 5.41) is 10.9. The molecule has 1 aliphatic rings. The number of amides is 1. The molecule has 102 valence electrons. The summed E-state index contributed by atoms with van der Waals surface area (Å²) in [6.07, 6.45) is -0.165. The average molecular weight is 325 g/mol. The van der Waals surface area contributed by atoms with Gasteiger partial charge in [-0.25, -0.2) is 0 Å². The molecule has 1 heterocycles. The predicted octanol–water partition coefficient (Wildman–Crippen LogP) is 1.74. The summed E-state index contributed by atoms with van der Waals surface area (Å²) < 4.78 is 0.841. The largest absolute Gasteiger partial charge is 0.550 e. The topological polar surface area (TPSA) is 60.4 Å². The zero-order valence-electron chi connectivity index (χ0n) is 10.9. The van der Waals surface area contributed by atoms with Crippen LogP contribution >= 0.6 is 15.9 Å². The molecule has 5 heteroatoms. The molecule has 0 aliphatic carbocycles. The van der Waals surface area contributed by atoms with Crippen LogP contribution < -0.4 is 5.11 Å². The highest BCUT2D eigenvalue weighted by molar-refractivity contribution is 9.10. The molecule has 19 heavy (non-hydrogen) atoms. The van der Waals surface area contributed by atoms with Crippen LogP contribution in [0.1, 0.15) is 42.2 Å². The minimum absolute atomic E-state index is 0.0950. The lowest BCUT2D eigenvalue weighted by Crippen LogP contribution is -2.35. The van der Waals surface area contributed by atoms with Crippen molar-refractivity contribution in [2.24, 2.45) is 5.92 Å². The maximum Gasteiger partial charge on any atom is 0.254 e. The van der Waals surface area contributed by atoms with Crippen LogP contribution in [0.2, 0.25) is 0 Å². The number of hydrogen-bond donors (Lipinski definition) is 0. The second kappa shape index (κ2) is 5.33. The first-order chi connectivity index (χ1) is 8.90. The summed E-state index contributed by atoms with van der Waals surface area (Å²) in [5.74, 6) is -0.951. The molecule has 1 aliphatic heterocycles. The number of carboxylic acid groups (broad SMARTS) is 1. The number of carbonyl (C=O) groups excluding carboxylic acids is 2. The van der Waals surface area contributed by atoms with Gasteiger partial charge in [0.05, 0.1) is 6.04 Å². The summed E-state index contributed by atoms with van der Waals surface area (Å²) in [7, 11) is 0. The molecule has 0 bridgehead atoms. The minimum Gasteiger partial charge on any atom is -0.550 e. The molecule has 0 fully saturated rings. The molecule has 1 unspecified atom stereocenters. The van der Waals surface area contributed by atoms with Crippen LogP contribution in [0.25, 0.3) is 0 Å². The van der Waals surface area contributed by atoms with E-state index >= 15 is 0 Å². The van der Waals surface area contributed by atoms with Crippen molar-refractivity contribution in [3.8, 4) is 0 Å². The van der Waals surface area contributed by atoms with Crippen LogP contribution in [0, 0.1) is 5.92 Å². The van der Waals surface area contributed by atoms with Crippen LogP contribution in [0.15, 0.2) is 22.7 Å². The third-order valence-corrected chi connectivity index (χ3v) is 3.66. The average Bonchev–Trinajstić information content (AvgIpc) is 2.53.